The summed E-state index contributed by atoms with van der Waals surface area (Å²) in [5, 5.41) is 11.5. The number of nitrogens with zero attached hydrogens (tertiary/aromatic N) is 2. The maximum Gasteiger partial charge on any atom is 0.175 e. The molecule has 3 nitrogen and oxygen atoms in total. The minimum absolute atomic E-state index is 0.0929. The maximum atomic E-state index is 8.45. The zero-order valence-electron chi connectivity index (χ0n) is 6.44. The van der Waals surface area contributed by atoms with Crippen LogP contribution < -0.4 is 0 Å². The van der Waals surface area contributed by atoms with E-state index in [0.29, 0.717) is 5.56 Å². The summed E-state index contributed by atoms with van der Waals surface area (Å²) in [6.45, 7) is 0. The number of aromatic nitrogens is 1. The van der Waals surface area contributed by atoms with E-state index in [2.05, 4.69) is 10.1 Å². The summed E-state index contributed by atoms with van der Waals surface area (Å²) in [6, 6.07) is 5.45. The molecule has 0 aliphatic heterocycles. The van der Waals surface area contributed by atoms with Crippen LogP contribution in [-0.2, 0) is 0 Å². The standard InChI is InChI=1S/C8H5ClN2OS/c9-8(11-12)5-1-2-6-7(3-5)13-4-10-6/h1-4,12H/b11-8-. The molecule has 1 N–H and O–H groups in total. The Morgan fingerprint density at radius 2 is 2.38 bits per heavy atom. The summed E-state index contributed by atoms with van der Waals surface area (Å²) in [5.74, 6) is 0. The summed E-state index contributed by atoms with van der Waals surface area (Å²) < 4.78 is 1.03. The molecule has 0 aliphatic rings. The van der Waals surface area contributed by atoms with Gasteiger partial charge in [-0.15, -0.1) is 11.3 Å². The van der Waals surface area contributed by atoms with Crippen LogP contribution in [0.1, 0.15) is 5.56 Å². The van der Waals surface area contributed by atoms with E-state index in [1.165, 1.54) is 11.3 Å². The van der Waals surface area contributed by atoms with Gasteiger partial charge >= 0.3 is 0 Å². The maximum absolute atomic E-state index is 8.45. The van der Waals surface area contributed by atoms with Crippen molar-refractivity contribution < 1.29 is 5.21 Å². The Kier molecular flexibility index (Phi) is 2.16. The molecular formula is C8H5ClN2OS. The summed E-state index contributed by atoms with van der Waals surface area (Å²) in [6.07, 6.45) is 0. The minimum atomic E-state index is 0.0929. The smallest absolute Gasteiger partial charge is 0.175 e. The van der Waals surface area contributed by atoms with E-state index in [1.54, 1.807) is 11.6 Å². The first kappa shape index (κ1) is 8.47. The lowest BCUT2D eigenvalue weighted by Gasteiger charge is -1.94. The molecule has 66 valence electrons. The Morgan fingerprint density at radius 1 is 1.54 bits per heavy atom. The molecule has 0 atom stereocenters. The second-order valence-corrected chi connectivity index (χ2v) is 3.67. The number of benzene rings is 1. The monoisotopic (exact) mass is 212 g/mol. The number of hydrogen-bond donors (Lipinski definition) is 1. The van der Waals surface area contributed by atoms with Gasteiger partial charge in [0.2, 0.25) is 0 Å². The van der Waals surface area contributed by atoms with Crippen molar-refractivity contribution in [3.63, 3.8) is 0 Å². The normalized spacial score (nSPS) is 12.2. The van der Waals surface area contributed by atoms with Crippen LogP contribution >= 0.6 is 22.9 Å². The molecule has 0 fully saturated rings. The minimum Gasteiger partial charge on any atom is -0.410 e. The van der Waals surface area contributed by atoms with Crippen molar-refractivity contribution in [1.29, 1.82) is 0 Å². The third-order valence-corrected chi connectivity index (χ3v) is 2.74. The first-order valence-corrected chi connectivity index (χ1v) is 4.78. The highest BCUT2D eigenvalue weighted by Crippen LogP contribution is 2.20. The lowest BCUT2D eigenvalue weighted by Crippen LogP contribution is -1.89. The second kappa shape index (κ2) is 3.32. The van der Waals surface area contributed by atoms with Gasteiger partial charge in [-0.2, -0.15) is 0 Å². The second-order valence-electron chi connectivity index (χ2n) is 2.43. The summed E-state index contributed by atoms with van der Waals surface area (Å²) >= 11 is 7.17. The van der Waals surface area contributed by atoms with E-state index in [1.807, 2.05) is 12.1 Å². The Bertz CT molecular complexity index is 466. The highest BCUT2D eigenvalue weighted by atomic mass is 35.5. The van der Waals surface area contributed by atoms with Gasteiger partial charge in [0.15, 0.2) is 5.17 Å². The van der Waals surface area contributed by atoms with Crippen LogP contribution in [0.2, 0.25) is 0 Å². The van der Waals surface area contributed by atoms with E-state index in [0.717, 1.165) is 10.2 Å². The lowest BCUT2D eigenvalue weighted by atomic mass is 10.2. The molecule has 0 aliphatic carbocycles. The predicted octanol–water partition coefficient (Wildman–Crippen LogP) is 2.67. The highest BCUT2D eigenvalue weighted by Gasteiger charge is 2.02. The Morgan fingerprint density at radius 3 is 3.15 bits per heavy atom. The van der Waals surface area contributed by atoms with Crippen molar-refractivity contribution in [2.45, 2.75) is 0 Å². The van der Waals surface area contributed by atoms with Crippen molar-refractivity contribution in [2.75, 3.05) is 0 Å². The van der Waals surface area contributed by atoms with Crippen LogP contribution in [-0.4, -0.2) is 15.4 Å². The molecule has 1 aromatic heterocycles. The number of rotatable bonds is 1. The molecule has 5 heteroatoms. The van der Waals surface area contributed by atoms with E-state index < -0.39 is 0 Å². The third-order valence-electron chi connectivity index (χ3n) is 1.66. The van der Waals surface area contributed by atoms with Crippen molar-refractivity contribution in [3.05, 3.63) is 29.3 Å². The lowest BCUT2D eigenvalue weighted by molar-refractivity contribution is 0.321. The van der Waals surface area contributed by atoms with Gasteiger partial charge in [0.25, 0.3) is 0 Å². The molecule has 1 heterocycles. The molecule has 2 aromatic rings. The number of oxime groups is 1. The first-order valence-electron chi connectivity index (χ1n) is 3.52. The summed E-state index contributed by atoms with van der Waals surface area (Å²) in [5.41, 5.74) is 3.38. The average molecular weight is 213 g/mol. The summed E-state index contributed by atoms with van der Waals surface area (Å²) in [7, 11) is 0. The highest BCUT2D eigenvalue weighted by molar-refractivity contribution is 7.16. The predicted molar refractivity (Wildman–Crippen MR) is 53.8 cm³/mol. The van der Waals surface area contributed by atoms with E-state index >= 15 is 0 Å². The van der Waals surface area contributed by atoms with Crippen molar-refractivity contribution >= 4 is 38.3 Å². The Labute approximate surface area is 83.3 Å². The molecule has 0 amide bonds. The molecule has 0 saturated heterocycles. The molecule has 0 radical (unpaired) electrons. The number of halogens is 1. The largest absolute Gasteiger partial charge is 0.410 e. The van der Waals surface area contributed by atoms with Gasteiger partial charge in [-0.3, -0.25) is 0 Å². The topological polar surface area (TPSA) is 45.5 Å². The summed E-state index contributed by atoms with van der Waals surface area (Å²) in [4.78, 5) is 4.12. The van der Waals surface area contributed by atoms with Crippen molar-refractivity contribution in [3.8, 4) is 0 Å². The van der Waals surface area contributed by atoms with Gasteiger partial charge in [-0.1, -0.05) is 16.8 Å². The van der Waals surface area contributed by atoms with Gasteiger partial charge < -0.3 is 5.21 Å². The zero-order chi connectivity index (χ0) is 9.26. The van der Waals surface area contributed by atoms with Gasteiger partial charge in [-0.25, -0.2) is 4.98 Å². The van der Waals surface area contributed by atoms with Crippen LogP contribution in [0.5, 0.6) is 0 Å². The van der Waals surface area contributed by atoms with Gasteiger partial charge in [-0.05, 0) is 18.2 Å². The zero-order valence-corrected chi connectivity index (χ0v) is 8.01. The van der Waals surface area contributed by atoms with Crippen LogP contribution in [0.4, 0.5) is 0 Å². The molecule has 0 saturated carbocycles. The number of fused-ring (bicyclic) bond motifs is 1. The van der Waals surface area contributed by atoms with Crippen LogP contribution in [0.3, 0.4) is 0 Å². The Hall–Kier alpha value is -1.13. The first-order chi connectivity index (χ1) is 6.31. The molecule has 13 heavy (non-hydrogen) atoms. The Balaban J connectivity index is 2.60. The van der Waals surface area contributed by atoms with Gasteiger partial charge in [0.1, 0.15) is 0 Å². The van der Waals surface area contributed by atoms with Gasteiger partial charge in [0.05, 0.1) is 15.7 Å². The van der Waals surface area contributed by atoms with Crippen LogP contribution in [0.25, 0.3) is 10.2 Å². The number of hydrogen-bond acceptors (Lipinski definition) is 4. The number of thiazole rings is 1. The van der Waals surface area contributed by atoms with E-state index in [4.69, 9.17) is 16.8 Å². The van der Waals surface area contributed by atoms with Crippen molar-refractivity contribution in [2.24, 2.45) is 5.16 Å². The molecular weight excluding hydrogens is 208 g/mol. The van der Waals surface area contributed by atoms with E-state index in [-0.39, 0.29) is 5.17 Å². The molecule has 0 spiro atoms. The molecule has 2 rings (SSSR count). The molecule has 0 unspecified atom stereocenters. The van der Waals surface area contributed by atoms with Crippen LogP contribution in [0.15, 0.2) is 28.9 Å². The van der Waals surface area contributed by atoms with E-state index in [9.17, 15) is 0 Å². The molecule has 1 aromatic carbocycles. The van der Waals surface area contributed by atoms with Gasteiger partial charge in [0, 0.05) is 5.56 Å². The SMILES string of the molecule is O/N=C(\Cl)c1ccc2ncsc2c1. The third kappa shape index (κ3) is 1.50. The average Bonchev–Trinajstić information content (AvgIpc) is 2.63. The fraction of sp³-hybridized carbons (Fsp3) is 0. The fourth-order valence-corrected chi connectivity index (χ4v) is 1.88. The molecule has 0 bridgehead atoms. The van der Waals surface area contributed by atoms with Crippen molar-refractivity contribution in [1.82, 2.24) is 4.98 Å². The fourth-order valence-electron chi connectivity index (χ4n) is 1.04. The van der Waals surface area contributed by atoms with Crippen LogP contribution in [0, 0.1) is 0 Å². The quantitative estimate of drug-likeness (QED) is 0.449.